The third-order valence-electron chi connectivity index (χ3n) is 4.94. The molecule has 29 heavy (non-hydrogen) atoms. The summed E-state index contributed by atoms with van der Waals surface area (Å²) in [5, 5.41) is 0. The fourth-order valence-corrected chi connectivity index (χ4v) is 3.45. The number of nitrogens with zero attached hydrogens (tertiary/aromatic N) is 3. The van der Waals surface area contributed by atoms with Crippen molar-refractivity contribution < 1.29 is 28.4 Å². The molecule has 0 amide bonds. The van der Waals surface area contributed by atoms with Gasteiger partial charge in [-0.3, -0.25) is 0 Å². The highest BCUT2D eigenvalue weighted by molar-refractivity contribution is 5.44. The molecule has 0 aliphatic carbocycles. The molecule has 2 fully saturated rings. The summed E-state index contributed by atoms with van der Waals surface area (Å²) in [7, 11) is 4.72. The number of hydrogen-bond acceptors (Lipinski definition) is 9. The monoisotopic (exact) mass is 403 g/mol. The van der Waals surface area contributed by atoms with Gasteiger partial charge in [-0.1, -0.05) is 6.07 Å². The van der Waals surface area contributed by atoms with Gasteiger partial charge in [0, 0.05) is 25.2 Å². The van der Waals surface area contributed by atoms with Crippen molar-refractivity contribution >= 4 is 5.82 Å². The normalized spacial score (nSPS) is 22.0. The number of anilines is 1. The fraction of sp³-hybridized carbons (Fsp3) is 0.500. The predicted octanol–water partition coefficient (Wildman–Crippen LogP) is 1.55. The molecule has 1 aromatic heterocycles. The Labute approximate surface area is 169 Å². The first kappa shape index (κ1) is 19.5. The van der Waals surface area contributed by atoms with Crippen LogP contribution in [0.25, 0.3) is 0 Å². The van der Waals surface area contributed by atoms with E-state index in [-0.39, 0.29) is 24.3 Å². The Bertz CT molecular complexity index is 797. The van der Waals surface area contributed by atoms with Gasteiger partial charge in [0.2, 0.25) is 5.88 Å². The zero-order valence-electron chi connectivity index (χ0n) is 16.7. The van der Waals surface area contributed by atoms with Gasteiger partial charge in [-0.05, 0) is 12.1 Å². The molecule has 0 N–H and O–H groups in total. The van der Waals surface area contributed by atoms with Crippen LogP contribution >= 0.6 is 0 Å². The van der Waals surface area contributed by atoms with Crippen LogP contribution in [0.15, 0.2) is 30.3 Å². The van der Waals surface area contributed by atoms with Crippen LogP contribution in [0, 0.1) is 0 Å². The summed E-state index contributed by atoms with van der Waals surface area (Å²) >= 11 is 0. The highest BCUT2D eigenvalue weighted by atomic mass is 16.6. The number of fused-ring (bicyclic) bond motifs is 1. The van der Waals surface area contributed by atoms with Crippen molar-refractivity contribution in [3.63, 3.8) is 0 Å². The van der Waals surface area contributed by atoms with Crippen LogP contribution in [-0.2, 0) is 9.47 Å². The third kappa shape index (κ3) is 4.46. The lowest BCUT2D eigenvalue weighted by Crippen LogP contribution is -2.30. The van der Waals surface area contributed by atoms with Gasteiger partial charge in [-0.25, -0.2) is 0 Å². The van der Waals surface area contributed by atoms with E-state index in [2.05, 4.69) is 14.9 Å². The number of methoxy groups -OCH3 is 3. The lowest BCUT2D eigenvalue weighted by molar-refractivity contribution is -0.00461. The first-order chi connectivity index (χ1) is 14.2. The maximum absolute atomic E-state index is 6.10. The summed E-state index contributed by atoms with van der Waals surface area (Å²) in [5.41, 5.74) is 0. The molecule has 9 nitrogen and oxygen atoms in total. The van der Waals surface area contributed by atoms with Crippen molar-refractivity contribution in [2.45, 2.75) is 18.3 Å². The van der Waals surface area contributed by atoms with Crippen LogP contribution in [-0.4, -0.2) is 75.9 Å². The molecule has 0 spiro atoms. The molecule has 2 aliphatic heterocycles. The lowest BCUT2D eigenvalue weighted by Gasteiger charge is -2.20. The highest BCUT2D eigenvalue weighted by Crippen LogP contribution is 2.28. The van der Waals surface area contributed by atoms with E-state index >= 15 is 0 Å². The van der Waals surface area contributed by atoms with Crippen molar-refractivity contribution in [3.8, 4) is 23.4 Å². The Kier molecular flexibility index (Phi) is 5.86. The van der Waals surface area contributed by atoms with Gasteiger partial charge in [0.15, 0.2) is 0 Å². The highest BCUT2D eigenvalue weighted by Gasteiger charge is 2.38. The van der Waals surface area contributed by atoms with Gasteiger partial charge < -0.3 is 33.3 Å². The second kappa shape index (κ2) is 8.71. The average Bonchev–Trinajstić information content (AvgIpc) is 3.09. The van der Waals surface area contributed by atoms with Crippen LogP contribution in [0.1, 0.15) is 0 Å². The summed E-state index contributed by atoms with van der Waals surface area (Å²) in [5.74, 6) is 2.65. The van der Waals surface area contributed by atoms with E-state index in [1.54, 1.807) is 20.3 Å². The van der Waals surface area contributed by atoms with Crippen LogP contribution in [0.3, 0.4) is 0 Å². The number of aromatic nitrogens is 2. The first-order valence-corrected chi connectivity index (χ1v) is 9.44. The fourth-order valence-electron chi connectivity index (χ4n) is 3.45. The lowest BCUT2D eigenvalue weighted by atomic mass is 10.3. The molecule has 2 saturated heterocycles. The summed E-state index contributed by atoms with van der Waals surface area (Å²) in [4.78, 5) is 10.6. The standard InChI is InChI=1S/C20H25N3O6/c1-24-13-5-4-6-14(7-13)29-15-11-27-16-9-23(10-17(16)28-12-15)18-8-19(25-2)22-20(21-18)26-3/h4-8,15-17H,9-12H2,1-3H3/t16-,17-/m0/s1. The first-order valence-electron chi connectivity index (χ1n) is 9.44. The molecule has 2 atom stereocenters. The van der Waals surface area contributed by atoms with Crippen molar-refractivity contribution in [2.75, 3.05) is 52.5 Å². The summed E-state index contributed by atoms with van der Waals surface area (Å²) in [6.45, 7) is 2.20. The van der Waals surface area contributed by atoms with Crippen LogP contribution in [0.5, 0.6) is 23.4 Å². The number of hydrogen-bond donors (Lipinski definition) is 0. The van der Waals surface area contributed by atoms with Gasteiger partial charge in [0.05, 0.1) is 34.5 Å². The van der Waals surface area contributed by atoms with Crippen LogP contribution < -0.4 is 23.8 Å². The minimum absolute atomic E-state index is 0.0686. The summed E-state index contributed by atoms with van der Waals surface area (Å²) in [6, 6.07) is 9.56. The summed E-state index contributed by atoms with van der Waals surface area (Å²) < 4.78 is 33.9. The van der Waals surface area contributed by atoms with E-state index in [1.807, 2.05) is 24.3 Å². The smallest absolute Gasteiger partial charge is 0.321 e. The Morgan fingerprint density at radius 1 is 0.897 bits per heavy atom. The molecule has 0 saturated carbocycles. The molecule has 0 unspecified atom stereocenters. The van der Waals surface area contributed by atoms with Crippen molar-refractivity contribution in [1.29, 1.82) is 0 Å². The van der Waals surface area contributed by atoms with E-state index in [0.29, 0.717) is 32.2 Å². The van der Waals surface area contributed by atoms with E-state index in [0.717, 1.165) is 17.3 Å². The molecule has 3 heterocycles. The molecular formula is C20H25N3O6. The average molecular weight is 403 g/mol. The van der Waals surface area contributed by atoms with Gasteiger partial charge in [-0.2, -0.15) is 9.97 Å². The number of benzene rings is 1. The van der Waals surface area contributed by atoms with E-state index in [4.69, 9.17) is 28.4 Å². The molecule has 4 rings (SSSR count). The molecule has 0 bridgehead atoms. The molecule has 1 aromatic carbocycles. The molecule has 9 heteroatoms. The predicted molar refractivity (Wildman–Crippen MR) is 104 cm³/mol. The minimum Gasteiger partial charge on any atom is -0.497 e. The Balaban J connectivity index is 1.38. The topological polar surface area (TPSA) is 84.4 Å². The molecule has 0 radical (unpaired) electrons. The number of rotatable bonds is 6. The van der Waals surface area contributed by atoms with Gasteiger partial charge in [-0.15, -0.1) is 0 Å². The van der Waals surface area contributed by atoms with Crippen molar-refractivity contribution in [1.82, 2.24) is 9.97 Å². The summed E-state index contributed by atoms with van der Waals surface area (Å²) in [6.07, 6.45) is -0.317. The second-order valence-corrected chi connectivity index (χ2v) is 6.82. The van der Waals surface area contributed by atoms with E-state index < -0.39 is 0 Å². The van der Waals surface area contributed by atoms with E-state index in [9.17, 15) is 0 Å². The van der Waals surface area contributed by atoms with E-state index in [1.165, 1.54) is 7.11 Å². The zero-order valence-corrected chi connectivity index (χ0v) is 16.7. The van der Waals surface area contributed by atoms with Crippen molar-refractivity contribution in [3.05, 3.63) is 30.3 Å². The Morgan fingerprint density at radius 2 is 1.62 bits per heavy atom. The molecule has 156 valence electrons. The van der Waals surface area contributed by atoms with Gasteiger partial charge in [0.1, 0.15) is 35.6 Å². The maximum atomic E-state index is 6.10. The largest absolute Gasteiger partial charge is 0.497 e. The SMILES string of the molecule is COc1cccc(OC2CO[C@H]3CN(c4cc(OC)nc(OC)n4)C[C@@H]3OC2)c1. The maximum Gasteiger partial charge on any atom is 0.321 e. The zero-order chi connectivity index (χ0) is 20.2. The van der Waals surface area contributed by atoms with Crippen molar-refractivity contribution in [2.24, 2.45) is 0 Å². The molecule has 2 aromatic rings. The second-order valence-electron chi connectivity index (χ2n) is 6.82. The molecular weight excluding hydrogens is 378 g/mol. The van der Waals surface area contributed by atoms with Gasteiger partial charge >= 0.3 is 6.01 Å². The third-order valence-corrected chi connectivity index (χ3v) is 4.94. The molecule has 2 aliphatic rings. The minimum atomic E-state index is -0.180. The van der Waals surface area contributed by atoms with Crippen LogP contribution in [0.4, 0.5) is 5.82 Å². The Hall–Kier alpha value is -2.78. The Morgan fingerprint density at radius 3 is 2.28 bits per heavy atom. The quantitative estimate of drug-likeness (QED) is 0.713. The number of ether oxygens (including phenoxy) is 6. The van der Waals surface area contributed by atoms with Gasteiger partial charge in [0.25, 0.3) is 0 Å². The van der Waals surface area contributed by atoms with Crippen LogP contribution in [0.2, 0.25) is 0 Å².